The van der Waals surface area contributed by atoms with Crippen molar-refractivity contribution in [3.8, 4) is 11.3 Å². The van der Waals surface area contributed by atoms with Crippen LogP contribution in [0.25, 0.3) is 11.3 Å². The fourth-order valence-corrected chi connectivity index (χ4v) is 2.59. The number of anilines is 1. The zero-order valence-corrected chi connectivity index (χ0v) is 12.1. The van der Waals surface area contributed by atoms with E-state index >= 15 is 0 Å². The number of hydrogen-bond donors (Lipinski definition) is 1. The Morgan fingerprint density at radius 1 is 1.19 bits per heavy atom. The summed E-state index contributed by atoms with van der Waals surface area (Å²) in [5, 5.41) is 5.27. The predicted octanol–water partition coefficient (Wildman–Crippen LogP) is 3.16. The van der Waals surface area contributed by atoms with E-state index in [2.05, 4.69) is 20.3 Å². The molecule has 0 aliphatic heterocycles. The van der Waals surface area contributed by atoms with Crippen LogP contribution in [0, 0.1) is 6.92 Å². The molecule has 0 fully saturated rings. The van der Waals surface area contributed by atoms with Gasteiger partial charge < -0.3 is 0 Å². The van der Waals surface area contributed by atoms with Crippen molar-refractivity contribution >= 4 is 22.4 Å². The first kappa shape index (κ1) is 13.4. The minimum absolute atomic E-state index is 0.198. The molecule has 104 valence electrons. The third kappa shape index (κ3) is 2.95. The number of rotatable bonds is 3. The van der Waals surface area contributed by atoms with Gasteiger partial charge in [-0.3, -0.25) is 20.1 Å². The van der Waals surface area contributed by atoms with Gasteiger partial charge in [-0.1, -0.05) is 0 Å². The first-order chi connectivity index (χ1) is 10.2. The maximum absolute atomic E-state index is 12.2. The van der Waals surface area contributed by atoms with Crippen LogP contribution in [0.1, 0.15) is 16.1 Å². The molecule has 3 rings (SSSR count). The first-order valence-corrected chi connectivity index (χ1v) is 7.21. The predicted molar refractivity (Wildman–Crippen MR) is 82.3 cm³/mol. The summed E-state index contributed by atoms with van der Waals surface area (Å²) in [7, 11) is 0. The van der Waals surface area contributed by atoms with Crippen LogP contribution >= 0.6 is 11.3 Å². The first-order valence-electron chi connectivity index (χ1n) is 6.33. The van der Waals surface area contributed by atoms with E-state index in [1.54, 1.807) is 37.6 Å². The Kier molecular flexibility index (Phi) is 3.70. The highest BCUT2D eigenvalue weighted by Gasteiger charge is 2.12. The Balaban J connectivity index is 1.79. The Bertz CT molecular complexity index is 770. The molecule has 3 aromatic heterocycles. The van der Waals surface area contributed by atoms with E-state index in [1.165, 1.54) is 11.3 Å². The molecule has 1 amide bonds. The number of carbonyl (C=O) groups excluding carboxylic acids is 1. The van der Waals surface area contributed by atoms with Gasteiger partial charge >= 0.3 is 0 Å². The Labute approximate surface area is 125 Å². The second-order valence-electron chi connectivity index (χ2n) is 4.36. The normalized spacial score (nSPS) is 10.3. The summed E-state index contributed by atoms with van der Waals surface area (Å²) >= 11 is 1.39. The average molecular weight is 296 g/mol. The smallest absolute Gasteiger partial charge is 0.259 e. The van der Waals surface area contributed by atoms with E-state index in [4.69, 9.17) is 0 Å². The van der Waals surface area contributed by atoms with E-state index in [0.717, 1.165) is 11.3 Å². The average Bonchev–Trinajstić information content (AvgIpc) is 2.97. The van der Waals surface area contributed by atoms with Crippen LogP contribution in [0.4, 0.5) is 5.13 Å². The minimum atomic E-state index is -0.198. The summed E-state index contributed by atoms with van der Waals surface area (Å²) in [6.07, 6.45) is 5.09. The molecular formula is C15H12N4OS. The molecule has 0 aliphatic carbocycles. The molecule has 0 bridgehead atoms. The van der Waals surface area contributed by atoms with Crippen LogP contribution in [0.5, 0.6) is 0 Å². The molecule has 0 aromatic carbocycles. The van der Waals surface area contributed by atoms with E-state index in [0.29, 0.717) is 16.4 Å². The molecule has 0 spiro atoms. The van der Waals surface area contributed by atoms with Crippen LogP contribution in [0.15, 0.2) is 48.2 Å². The van der Waals surface area contributed by atoms with Crippen molar-refractivity contribution in [1.29, 1.82) is 0 Å². The SMILES string of the molecule is Cc1ncccc1C(=O)Nc1nc(-c2ccncc2)cs1. The number of nitrogens with one attached hydrogen (secondary N) is 1. The number of amides is 1. The topological polar surface area (TPSA) is 67.8 Å². The number of aryl methyl sites for hydroxylation is 1. The summed E-state index contributed by atoms with van der Waals surface area (Å²) in [4.78, 5) is 24.7. The number of aromatic nitrogens is 3. The van der Waals surface area contributed by atoms with Gasteiger partial charge in [0.05, 0.1) is 11.3 Å². The molecule has 1 N–H and O–H groups in total. The van der Waals surface area contributed by atoms with Crippen molar-refractivity contribution in [2.24, 2.45) is 0 Å². The summed E-state index contributed by atoms with van der Waals surface area (Å²) in [6, 6.07) is 7.25. The van der Waals surface area contributed by atoms with Crippen molar-refractivity contribution in [3.05, 3.63) is 59.5 Å². The quantitative estimate of drug-likeness (QED) is 0.806. The molecule has 0 unspecified atom stereocenters. The molecule has 0 aliphatic rings. The Hall–Kier alpha value is -2.60. The van der Waals surface area contributed by atoms with Crippen LogP contribution < -0.4 is 5.32 Å². The standard InChI is InChI=1S/C15H12N4OS/c1-10-12(3-2-6-17-10)14(20)19-15-18-13(9-21-15)11-4-7-16-8-5-11/h2-9H,1H3,(H,18,19,20). The second kappa shape index (κ2) is 5.80. The van der Waals surface area contributed by atoms with Gasteiger partial charge in [0.25, 0.3) is 5.91 Å². The molecule has 5 nitrogen and oxygen atoms in total. The summed E-state index contributed by atoms with van der Waals surface area (Å²) < 4.78 is 0. The van der Waals surface area contributed by atoms with Crippen LogP contribution in [0.3, 0.4) is 0 Å². The molecule has 0 atom stereocenters. The van der Waals surface area contributed by atoms with Crippen LogP contribution in [-0.2, 0) is 0 Å². The molecule has 21 heavy (non-hydrogen) atoms. The summed E-state index contributed by atoms with van der Waals surface area (Å²) in [5.74, 6) is -0.198. The zero-order chi connectivity index (χ0) is 14.7. The Morgan fingerprint density at radius 3 is 2.76 bits per heavy atom. The fourth-order valence-electron chi connectivity index (χ4n) is 1.88. The van der Waals surface area contributed by atoms with Gasteiger partial charge in [0.15, 0.2) is 5.13 Å². The lowest BCUT2D eigenvalue weighted by Gasteiger charge is -2.03. The van der Waals surface area contributed by atoms with Crippen molar-refractivity contribution < 1.29 is 4.79 Å². The van der Waals surface area contributed by atoms with E-state index < -0.39 is 0 Å². The molecule has 6 heteroatoms. The van der Waals surface area contributed by atoms with Crippen molar-refractivity contribution in [1.82, 2.24) is 15.0 Å². The molecule has 3 aromatic rings. The Morgan fingerprint density at radius 2 is 2.00 bits per heavy atom. The fraction of sp³-hybridized carbons (Fsp3) is 0.0667. The van der Waals surface area contributed by atoms with Crippen molar-refractivity contribution in [2.45, 2.75) is 6.92 Å². The molecular weight excluding hydrogens is 284 g/mol. The zero-order valence-electron chi connectivity index (χ0n) is 11.3. The van der Waals surface area contributed by atoms with E-state index in [-0.39, 0.29) is 5.91 Å². The van der Waals surface area contributed by atoms with Gasteiger partial charge in [-0.15, -0.1) is 11.3 Å². The largest absolute Gasteiger partial charge is 0.298 e. The lowest BCUT2D eigenvalue weighted by molar-refractivity contribution is 0.102. The van der Waals surface area contributed by atoms with Crippen LogP contribution in [0.2, 0.25) is 0 Å². The number of thiazole rings is 1. The molecule has 0 saturated heterocycles. The molecule has 0 radical (unpaired) electrons. The number of hydrogen-bond acceptors (Lipinski definition) is 5. The lowest BCUT2D eigenvalue weighted by Crippen LogP contribution is -2.13. The van der Waals surface area contributed by atoms with Crippen molar-refractivity contribution in [3.63, 3.8) is 0 Å². The molecule has 3 heterocycles. The highest BCUT2D eigenvalue weighted by molar-refractivity contribution is 7.14. The summed E-state index contributed by atoms with van der Waals surface area (Å²) in [6.45, 7) is 1.80. The number of pyridine rings is 2. The third-order valence-corrected chi connectivity index (χ3v) is 3.71. The van der Waals surface area contributed by atoms with E-state index in [1.807, 2.05) is 17.5 Å². The maximum Gasteiger partial charge on any atom is 0.259 e. The minimum Gasteiger partial charge on any atom is -0.298 e. The highest BCUT2D eigenvalue weighted by atomic mass is 32.1. The maximum atomic E-state index is 12.2. The van der Waals surface area contributed by atoms with Gasteiger partial charge in [-0.25, -0.2) is 4.98 Å². The van der Waals surface area contributed by atoms with E-state index in [9.17, 15) is 4.79 Å². The van der Waals surface area contributed by atoms with Crippen molar-refractivity contribution in [2.75, 3.05) is 5.32 Å². The van der Waals surface area contributed by atoms with Crippen LogP contribution in [-0.4, -0.2) is 20.9 Å². The highest BCUT2D eigenvalue weighted by Crippen LogP contribution is 2.24. The monoisotopic (exact) mass is 296 g/mol. The number of carbonyl (C=O) groups is 1. The van der Waals surface area contributed by atoms with Gasteiger partial charge in [0.1, 0.15) is 0 Å². The second-order valence-corrected chi connectivity index (χ2v) is 5.22. The van der Waals surface area contributed by atoms with Gasteiger partial charge in [0, 0.05) is 35.2 Å². The molecule has 0 saturated carbocycles. The van der Waals surface area contributed by atoms with Gasteiger partial charge in [-0.2, -0.15) is 0 Å². The number of nitrogens with zero attached hydrogens (tertiary/aromatic N) is 3. The summed E-state index contributed by atoms with van der Waals surface area (Å²) in [5.41, 5.74) is 3.04. The third-order valence-electron chi connectivity index (χ3n) is 2.95. The van der Waals surface area contributed by atoms with Gasteiger partial charge in [-0.05, 0) is 31.2 Å². The lowest BCUT2D eigenvalue weighted by atomic mass is 10.2. The van der Waals surface area contributed by atoms with Gasteiger partial charge in [0.2, 0.25) is 0 Å².